The van der Waals surface area contributed by atoms with E-state index >= 15 is 0 Å². The van der Waals surface area contributed by atoms with E-state index in [9.17, 15) is 0 Å². The number of benzene rings is 2. The summed E-state index contributed by atoms with van der Waals surface area (Å²) in [6, 6.07) is 13.4. The van der Waals surface area contributed by atoms with Crippen LogP contribution in [-0.4, -0.2) is 35.0 Å². The Labute approximate surface area is 137 Å². The maximum absolute atomic E-state index is 4.15. The predicted molar refractivity (Wildman–Crippen MR) is 94.4 cm³/mol. The molecule has 1 fully saturated rings. The summed E-state index contributed by atoms with van der Waals surface area (Å²) < 4.78 is 0. The average molecular weight is 303 g/mol. The third-order valence-corrected chi connectivity index (χ3v) is 4.97. The number of fused-ring (bicyclic) bond motifs is 1. The van der Waals surface area contributed by atoms with Crippen molar-refractivity contribution in [2.24, 2.45) is 0 Å². The molecular formula is C20H21N3. The minimum atomic E-state index is 0.664. The molecule has 0 atom stereocenters. The molecule has 0 N–H and O–H groups in total. The molecule has 2 aromatic carbocycles. The molecule has 0 saturated carbocycles. The van der Waals surface area contributed by atoms with Crippen molar-refractivity contribution in [1.82, 2.24) is 14.9 Å². The van der Waals surface area contributed by atoms with Crippen LogP contribution in [0.5, 0.6) is 0 Å². The first-order valence-corrected chi connectivity index (χ1v) is 8.28. The largest absolute Gasteiger partial charge is 0.306 e. The molecule has 3 heteroatoms. The van der Waals surface area contributed by atoms with Gasteiger partial charge in [0.2, 0.25) is 0 Å². The van der Waals surface area contributed by atoms with E-state index in [1.54, 1.807) is 6.33 Å². The van der Waals surface area contributed by atoms with E-state index in [1.807, 2.05) is 12.4 Å². The van der Waals surface area contributed by atoms with Crippen molar-refractivity contribution in [2.75, 3.05) is 20.1 Å². The maximum Gasteiger partial charge on any atom is 0.115 e. The monoisotopic (exact) mass is 303 g/mol. The minimum absolute atomic E-state index is 0.664. The third-order valence-electron chi connectivity index (χ3n) is 4.97. The molecule has 0 aliphatic carbocycles. The van der Waals surface area contributed by atoms with E-state index in [-0.39, 0.29) is 0 Å². The van der Waals surface area contributed by atoms with Gasteiger partial charge >= 0.3 is 0 Å². The topological polar surface area (TPSA) is 29.0 Å². The fraction of sp³-hybridized carbons (Fsp3) is 0.300. The highest BCUT2D eigenvalue weighted by molar-refractivity contribution is 5.90. The zero-order valence-corrected chi connectivity index (χ0v) is 13.4. The van der Waals surface area contributed by atoms with E-state index in [2.05, 4.69) is 58.3 Å². The molecule has 0 unspecified atom stereocenters. The Morgan fingerprint density at radius 2 is 1.74 bits per heavy atom. The van der Waals surface area contributed by atoms with Gasteiger partial charge in [-0.3, -0.25) is 0 Å². The summed E-state index contributed by atoms with van der Waals surface area (Å²) in [7, 11) is 2.22. The Hall–Kier alpha value is -2.26. The highest BCUT2D eigenvalue weighted by Crippen LogP contribution is 2.34. The first kappa shape index (κ1) is 14.3. The van der Waals surface area contributed by atoms with Crippen molar-refractivity contribution in [3.05, 3.63) is 60.7 Å². The Morgan fingerprint density at radius 3 is 2.52 bits per heavy atom. The second-order valence-electron chi connectivity index (χ2n) is 6.49. The number of hydrogen-bond donors (Lipinski definition) is 0. The van der Waals surface area contributed by atoms with Crippen molar-refractivity contribution in [2.45, 2.75) is 18.8 Å². The maximum atomic E-state index is 4.15. The third kappa shape index (κ3) is 2.84. The summed E-state index contributed by atoms with van der Waals surface area (Å²) >= 11 is 0. The van der Waals surface area contributed by atoms with Crippen LogP contribution in [0, 0.1) is 0 Å². The Bertz CT molecular complexity index is 805. The van der Waals surface area contributed by atoms with E-state index in [1.165, 1.54) is 47.8 Å². The van der Waals surface area contributed by atoms with E-state index in [0.717, 1.165) is 5.56 Å². The number of nitrogens with zero attached hydrogens (tertiary/aromatic N) is 3. The van der Waals surface area contributed by atoms with E-state index in [4.69, 9.17) is 0 Å². The lowest BCUT2D eigenvalue weighted by molar-refractivity contribution is 0.256. The summed E-state index contributed by atoms with van der Waals surface area (Å²) in [6.07, 6.45) is 7.83. The van der Waals surface area contributed by atoms with Crippen LogP contribution in [0.4, 0.5) is 0 Å². The van der Waals surface area contributed by atoms with Gasteiger partial charge in [-0.2, -0.15) is 0 Å². The van der Waals surface area contributed by atoms with Crippen LogP contribution < -0.4 is 0 Å². The number of piperidine rings is 1. The van der Waals surface area contributed by atoms with Crippen molar-refractivity contribution in [3.63, 3.8) is 0 Å². The van der Waals surface area contributed by atoms with Gasteiger partial charge in [-0.25, -0.2) is 9.97 Å². The lowest BCUT2D eigenvalue weighted by Crippen LogP contribution is -2.29. The van der Waals surface area contributed by atoms with Gasteiger partial charge in [-0.1, -0.05) is 30.3 Å². The molecule has 2 heterocycles. The van der Waals surface area contributed by atoms with Crippen molar-refractivity contribution < 1.29 is 0 Å². The van der Waals surface area contributed by atoms with Gasteiger partial charge in [0.1, 0.15) is 6.33 Å². The standard InChI is InChI=1S/C20H21N3/c1-23-9-7-16(8-10-23)19-4-2-3-15-5-6-17(11-20(15)19)18-12-21-14-22-13-18/h2-6,11-14,16H,7-10H2,1H3. The van der Waals surface area contributed by atoms with Gasteiger partial charge < -0.3 is 4.90 Å². The molecule has 0 radical (unpaired) electrons. The van der Waals surface area contributed by atoms with Gasteiger partial charge in [0, 0.05) is 18.0 Å². The van der Waals surface area contributed by atoms with Crippen LogP contribution in [0.25, 0.3) is 21.9 Å². The SMILES string of the molecule is CN1CCC(c2cccc3ccc(-c4cncnc4)cc23)CC1. The molecule has 1 aliphatic rings. The number of aromatic nitrogens is 2. The molecule has 0 amide bonds. The van der Waals surface area contributed by atoms with Crippen molar-refractivity contribution in [3.8, 4) is 11.1 Å². The van der Waals surface area contributed by atoms with Gasteiger partial charge in [0.05, 0.1) is 0 Å². The van der Waals surface area contributed by atoms with Crippen molar-refractivity contribution >= 4 is 10.8 Å². The fourth-order valence-corrected chi connectivity index (χ4v) is 3.60. The first-order valence-electron chi connectivity index (χ1n) is 8.28. The Kier molecular flexibility index (Phi) is 3.80. The highest BCUT2D eigenvalue weighted by Gasteiger charge is 2.20. The van der Waals surface area contributed by atoms with Crippen LogP contribution in [0.3, 0.4) is 0 Å². The molecule has 116 valence electrons. The second-order valence-corrected chi connectivity index (χ2v) is 6.49. The molecule has 0 bridgehead atoms. The predicted octanol–water partition coefficient (Wildman–Crippen LogP) is 4.11. The molecule has 3 aromatic rings. The summed E-state index contributed by atoms with van der Waals surface area (Å²) in [6.45, 7) is 2.38. The molecule has 1 aliphatic heterocycles. The molecule has 3 nitrogen and oxygen atoms in total. The first-order chi connectivity index (χ1) is 11.3. The van der Waals surface area contributed by atoms with E-state index in [0.29, 0.717) is 5.92 Å². The normalized spacial score (nSPS) is 16.7. The number of rotatable bonds is 2. The zero-order valence-electron chi connectivity index (χ0n) is 13.4. The number of hydrogen-bond acceptors (Lipinski definition) is 3. The van der Waals surface area contributed by atoms with Gasteiger partial charge in [0.25, 0.3) is 0 Å². The van der Waals surface area contributed by atoms with E-state index < -0.39 is 0 Å². The summed E-state index contributed by atoms with van der Waals surface area (Å²) in [5.74, 6) is 0.664. The molecule has 1 aromatic heterocycles. The molecular weight excluding hydrogens is 282 g/mol. The lowest BCUT2D eigenvalue weighted by Gasteiger charge is -2.30. The number of likely N-dealkylation sites (tertiary alicyclic amines) is 1. The van der Waals surface area contributed by atoms with Crippen LogP contribution in [-0.2, 0) is 0 Å². The smallest absolute Gasteiger partial charge is 0.115 e. The van der Waals surface area contributed by atoms with Crippen LogP contribution in [0.15, 0.2) is 55.1 Å². The molecule has 4 rings (SSSR count). The average Bonchev–Trinajstić information content (AvgIpc) is 2.62. The summed E-state index contributed by atoms with van der Waals surface area (Å²) in [5.41, 5.74) is 3.76. The molecule has 0 spiro atoms. The second kappa shape index (κ2) is 6.09. The van der Waals surface area contributed by atoms with Crippen LogP contribution >= 0.6 is 0 Å². The zero-order chi connectivity index (χ0) is 15.6. The summed E-state index contributed by atoms with van der Waals surface area (Å²) in [5, 5.41) is 2.70. The molecule has 23 heavy (non-hydrogen) atoms. The van der Waals surface area contributed by atoms with Gasteiger partial charge in [0.15, 0.2) is 0 Å². The quantitative estimate of drug-likeness (QED) is 0.713. The summed E-state index contributed by atoms with van der Waals surface area (Å²) in [4.78, 5) is 10.7. The fourth-order valence-electron chi connectivity index (χ4n) is 3.60. The Balaban J connectivity index is 1.79. The van der Waals surface area contributed by atoms with Crippen LogP contribution in [0.1, 0.15) is 24.3 Å². The van der Waals surface area contributed by atoms with Crippen molar-refractivity contribution in [1.29, 1.82) is 0 Å². The minimum Gasteiger partial charge on any atom is -0.306 e. The van der Waals surface area contributed by atoms with Crippen LogP contribution in [0.2, 0.25) is 0 Å². The highest BCUT2D eigenvalue weighted by atomic mass is 15.1. The van der Waals surface area contributed by atoms with Gasteiger partial charge in [-0.05, 0) is 66.9 Å². The Morgan fingerprint density at radius 1 is 0.957 bits per heavy atom. The van der Waals surface area contributed by atoms with Gasteiger partial charge in [-0.15, -0.1) is 0 Å². The lowest BCUT2D eigenvalue weighted by atomic mass is 9.86. The molecule has 1 saturated heterocycles.